The molecule has 0 bridgehead atoms. The Balaban J connectivity index is 1.65. The lowest BCUT2D eigenvalue weighted by molar-refractivity contribution is -0.0772. The van der Waals surface area contributed by atoms with Gasteiger partial charge in [-0.1, -0.05) is 30.3 Å². The highest BCUT2D eigenvalue weighted by atomic mass is 16.5. The van der Waals surface area contributed by atoms with Gasteiger partial charge in [0.15, 0.2) is 0 Å². The second-order valence-corrected chi connectivity index (χ2v) is 9.24. The van der Waals surface area contributed by atoms with Crippen molar-refractivity contribution in [1.82, 2.24) is 5.32 Å². The van der Waals surface area contributed by atoms with Gasteiger partial charge in [0.05, 0.1) is 12.7 Å². The largest absolute Gasteiger partial charge is 0.496 e. The molecule has 1 aliphatic rings. The molecule has 0 aromatic heterocycles. The number of hydrogen-bond acceptors (Lipinski definition) is 4. The first-order valence-electron chi connectivity index (χ1n) is 11.1. The third kappa shape index (κ3) is 5.99. The summed E-state index contributed by atoms with van der Waals surface area (Å²) in [6.07, 6.45) is 3.29. The van der Waals surface area contributed by atoms with Crippen molar-refractivity contribution in [2.45, 2.75) is 51.2 Å². The molecule has 164 valence electrons. The van der Waals surface area contributed by atoms with Crippen LogP contribution in [0.2, 0.25) is 0 Å². The Morgan fingerprint density at radius 1 is 1.13 bits per heavy atom. The molecule has 1 saturated heterocycles. The molecular weight excluding hydrogens is 372 g/mol. The Morgan fingerprint density at radius 2 is 1.87 bits per heavy atom. The summed E-state index contributed by atoms with van der Waals surface area (Å²) >= 11 is 0. The monoisotopic (exact) mass is 410 g/mol. The van der Waals surface area contributed by atoms with Crippen molar-refractivity contribution < 1.29 is 9.47 Å². The van der Waals surface area contributed by atoms with Gasteiger partial charge in [-0.3, -0.25) is 0 Å². The quantitative estimate of drug-likeness (QED) is 0.574. The Labute approximate surface area is 182 Å². The van der Waals surface area contributed by atoms with E-state index < -0.39 is 0 Å². The second-order valence-electron chi connectivity index (χ2n) is 9.24. The molecule has 2 aromatic rings. The summed E-state index contributed by atoms with van der Waals surface area (Å²) in [6.45, 7) is 7.15. The van der Waals surface area contributed by atoms with Gasteiger partial charge in [0.2, 0.25) is 0 Å². The van der Waals surface area contributed by atoms with Crippen molar-refractivity contribution in [1.29, 1.82) is 0 Å². The smallest absolute Gasteiger partial charge is 0.122 e. The fourth-order valence-electron chi connectivity index (χ4n) is 4.64. The number of methoxy groups -OCH3 is 1. The van der Waals surface area contributed by atoms with Crippen LogP contribution in [-0.2, 0) is 11.3 Å². The van der Waals surface area contributed by atoms with Crippen LogP contribution in [0, 0.1) is 5.92 Å². The summed E-state index contributed by atoms with van der Waals surface area (Å²) in [4.78, 5) is 2.13. The molecule has 0 spiro atoms. The summed E-state index contributed by atoms with van der Waals surface area (Å²) in [7, 11) is 5.92. The van der Waals surface area contributed by atoms with Gasteiger partial charge in [-0.05, 0) is 80.8 Å². The van der Waals surface area contributed by atoms with Gasteiger partial charge in [0.1, 0.15) is 5.75 Å². The molecule has 0 radical (unpaired) electrons. The van der Waals surface area contributed by atoms with Crippen LogP contribution in [0.5, 0.6) is 5.75 Å². The summed E-state index contributed by atoms with van der Waals surface area (Å²) < 4.78 is 11.7. The number of rotatable bonds is 9. The zero-order valence-electron chi connectivity index (χ0n) is 19.3. The lowest BCUT2D eigenvalue weighted by Gasteiger charge is -2.40. The van der Waals surface area contributed by atoms with Gasteiger partial charge < -0.3 is 19.7 Å². The fraction of sp³-hybridized carbons (Fsp3) is 0.538. The van der Waals surface area contributed by atoms with Crippen LogP contribution in [-0.4, -0.2) is 40.0 Å². The highest BCUT2D eigenvalue weighted by Crippen LogP contribution is 2.42. The molecule has 0 amide bonds. The average molecular weight is 411 g/mol. The molecule has 2 atom stereocenters. The first-order valence-corrected chi connectivity index (χ1v) is 11.1. The predicted octanol–water partition coefficient (Wildman–Crippen LogP) is 5.23. The number of nitrogens with zero attached hydrogens (tertiary/aromatic N) is 1. The predicted molar refractivity (Wildman–Crippen MR) is 126 cm³/mol. The van der Waals surface area contributed by atoms with E-state index in [2.05, 4.69) is 86.7 Å². The Bertz CT molecular complexity index is 786. The van der Waals surface area contributed by atoms with Crippen LogP contribution in [0.15, 0.2) is 48.5 Å². The molecule has 30 heavy (non-hydrogen) atoms. The molecule has 4 heteroatoms. The first-order chi connectivity index (χ1) is 14.4. The first kappa shape index (κ1) is 22.6. The zero-order valence-corrected chi connectivity index (χ0v) is 19.3. The number of para-hydroxylation sites is 1. The minimum absolute atomic E-state index is 0.0508. The summed E-state index contributed by atoms with van der Waals surface area (Å²) in [5.41, 5.74) is 3.84. The minimum Gasteiger partial charge on any atom is -0.496 e. The summed E-state index contributed by atoms with van der Waals surface area (Å²) in [5.74, 6) is 2.07. The standard InChI is InChI=1S/C26H38N2O2/c1-26(2)18-21(15-17-30-26)23(24-8-6-7-9-25(24)29-5)14-16-27-19-20-10-12-22(13-11-20)28(3)4/h6-13,21,23,27H,14-19H2,1-5H3/t21-,23-/m0/s1. The third-order valence-electron chi connectivity index (χ3n) is 6.26. The maximum atomic E-state index is 6.00. The van der Waals surface area contributed by atoms with Crippen molar-refractivity contribution in [3.63, 3.8) is 0 Å². The summed E-state index contributed by atoms with van der Waals surface area (Å²) in [5, 5.41) is 3.66. The van der Waals surface area contributed by atoms with E-state index in [9.17, 15) is 0 Å². The number of benzene rings is 2. The van der Waals surface area contributed by atoms with E-state index >= 15 is 0 Å². The van der Waals surface area contributed by atoms with Crippen molar-refractivity contribution in [2.24, 2.45) is 5.92 Å². The number of anilines is 1. The van der Waals surface area contributed by atoms with E-state index in [1.165, 1.54) is 16.8 Å². The van der Waals surface area contributed by atoms with Crippen molar-refractivity contribution in [3.05, 3.63) is 59.7 Å². The Morgan fingerprint density at radius 3 is 2.53 bits per heavy atom. The van der Waals surface area contributed by atoms with Crippen molar-refractivity contribution in [3.8, 4) is 5.75 Å². The molecule has 0 unspecified atom stereocenters. The molecule has 1 aliphatic heterocycles. The molecule has 1 heterocycles. The molecule has 1 fully saturated rings. The minimum atomic E-state index is -0.0508. The van der Waals surface area contributed by atoms with Gasteiger partial charge in [0.25, 0.3) is 0 Å². The topological polar surface area (TPSA) is 33.7 Å². The van der Waals surface area contributed by atoms with Crippen LogP contribution in [0.4, 0.5) is 5.69 Å². The highest BCUT2D eigenvalue weighted by molar-refractivity contribution is 5.46. The zero-order chi connectivity index (χ0) is 21.6. The maximum Gasteiger partial charge on any atom is 0.122 e. The van der Waals surface area contributed by atoms with Crippen LogP contribution in [0.3, 0.4) is 0 Å². The Kier molecular flexibility index (Phi) is 7.79. The number of ether oxygens (including phenoxy) is 2. The van der Waals surface area contributed by atoms with Gasteiger partial charge >= 0.3 is 0 Å². The van der Waals surface area contributed by atoms with E-state index in [4.69, 9.17) is 9.47 Å². The molecular formula is C26H38N2O2. The van der Waals surface area contributed by atoms with Gasteiger partial charge in [-0.2, -0.15) is 0 Å². The molecule has 1 N–H and O–H groups in total. The highest BCUT2D eigenvalue weighted by Gasteiger charge is 2.34. The van der Waals surface area contributed by atoms with Crippen molar-refractivity contribution in [2.75, 3.05) is 39.3 Å². The summed E-state index contributed by atoms with van der Waals surface area (Å²) in [6, 6.07) is 17.3. The van der Waals surface area contributed by atoms with E-state index in [1.54, 1.807) is 7.11 Å². The van der Waals surface area contributed by atoms with Gasteiger partial charge in [-0.15, -0.1) is 0 Å². The van der Waals surface area contributed by atoms with E-state index in [0.29, 0.717) is 11.8 Å². The SMILES string of the molecule is COc1ccccc1[C@@H](CCNCc1ccc(N(C)C)cc1)[C@H]1CCOC(C)(C)C1. The van der Waals surface area contributed by atoms with E-state index in [-0.39, 0.29) is 5.60 Å². The lowest BCUT2D eigenvalue weighted by atomic mass is 9.75. The molecule has 2 aromatic carbocycles. The third-order valence-corrected chi connectivity index (χ3v) is 6.26. The van der Waals surface area contributed by atoms with Crippen LogP contribution < -0.4 is 15.0 Å². The fourth-order valence-corrected chi connectivity index (χ4v) is 4.64. The normalized spacial score (nSPS) is 19.3. The lowest BCUT2D eigenvalue weighted by Crippen LogP contribution is -2.37. The number of nitrogens with one attached hydrogen (secondary N) is 1. The molecule has 3 rings (SSSR count). The van der Waals surface area contributed by atoms with Crippen LogP contribution >= 0.6 is 0 Å². The second kappa shape index (κ2) is 10.3. The van der Waals surface area contributed by atoms with Gasteiger partial charge in [0, 0.05) is 32.9 Å². The molecule has 0 aliphatic carbocycles. The molecule has 0 saturated carbocycles. The average Bonchev–Trinajstić information content (AvgIpc) is 2.73. The Hall–Kier alpha value is -2.04. The maximum absolute atomic E-state index is 6.00. The van der Waals surface area contributed by atoms with Gasteiger partial charge in [-0.25, -0.2) is 0 Å². The van der Waals surface area contributed by atoms with Crippen molar-refractivity contribution >= 4 is 5.69 Å². The van der Waals surface area contributed by atoms with E-state index in [0.717, 1.165) is 44.7 Å². The van der Waals surface area contributed by atoms with E-state index in [1.807, 2.05) is 0 Å². The number of hydrogen-bond donors (Lipinski definition) is 1. The van der Waals surface area contributed by atoms with Crippen LogP contribution in [0.1, 0.15) is 50.2 Å². The molecule has 4 nitrogen and oxygen atoms in total. The van der Waals surface area contributed by atoms with Crippen LogP contribution in [0.25, 0.3) is 0 Å².